The molecule has 2 aromatic carbocycles. The first kappa shape index (κ1) is 13.6. The van der Waals surface area contributed by atoms with Crippen LogP contribution in [0.25, 0.3) is 12.2 Å². The van der Waals surface area contributed by atoms with Crippen molar-refractivity contribution in [1.82, 2.24) is 0 Å². The Labute approximate surface area is 115 Å². The van der Waals surface area contributed by atoms with Crippen molar-refractivity contribution in [3.05, 3.63) is 41.5 Å². The van der Waals surface area contributed by atoms with Crippen LogP contribution in [0, 0.1) is 0 Å². The van der Waals surface area contributed by atoms with Gasteiger partial charge in [-0.25, -0.2) is 0 Å². The van der Waals surface area contributed by atoms with Crippen molar-refractivity contribution in [1.29, 1.82) is 0 Å². The molecule has 5 nitrogen and oxygen atoms in total. The Kier molecular flexibility index (Phi) is 3.70. The maximum absolute atomic E-state index is 9.66. The van der Waals surface area contributed by atoms with Crippen LogP contribution in [0.2, 0.25) is 0 Å². The zero-order chi connectivity index (χ0) is 14.7. The van der Waals surface area contributed by atoms with Gasteiger partial charge >= 0.3 is 0 Å². The van der Waals surface area contributed by atoms with Crippen LogP contribution in [-0.4, -0.2) is 27.5 Å². The molecule has 0 bridgehead atoms. The Morgan fingerprint density at radius 2 is 1.20 bits per heavy atom. The molecule has 0 aliphatic heterocycles. The van der Waals surface area contributed by atoms with Gasteiger partial charge in [0, 0.05) is 6.07 Å². The largest absolute Gasteiger partial charge is 0.508 e. The summed E-state index contributed by atoms with van der Waals surface area (Å²) in [6, 6.07) is 7.02. The van der Waals surface area contributed by atoms with Crippen LogP contribution < -0.4 is 4.74 Å². The molecular formula is C15H14O5. The minimum atomic E-state index is -0.175. The van der Waals surface area contributed by atoms with Gasteiger partial charge < -0.3 is 25.2 Å². The molecule has 2 aromatic rings. The van der Waals surface area contributed by atoms with E-state index in [0.717, 1.165) is 0 Å². The molecule has 0 saturated carbocycles. The number of methoxy groups -OCH3 is 1. The molecule has 0 unspecified atom stereocenters. The van der Waals surface area contributed by atoms with Gasteiger partial charge in [-0.1, -0.05) is 12.2 Å². The lowest BCUT2D eigenvalue weighted by atomic mass is 10.1. The zero-order valence-corrected chi connectivity index (χ0v) is 10.7. The number of benzene rings is 2. The fraction of sp³-hybridized carbons (Fsp3) is 0.0667. The lowest BCUT2D eigenvalue weighted by molar-refractivity contribution is 0.344. The van der Waals surface area contributed by atoms with Gasteiger partial charge in [-0.2, -0.15) is 0 Å². The number of hydrogen-bond acceptors (Lipinski definition) is 5. The van der Waals surface area contributed by atoms with Crippen LogP contribution in [0.1, 0.15) is 11.1 Å². The van der Waals surface area contributed by atoms with E-state index >= 15 is 0 Å². The van der Waals surface area contributed by atoms with E-state index < -0.39 is 0 Å². The molecule has 0 fully saturated rings. The van der Waals surface area contributed by atoms with Crippen molar-refractivity contribution in [3.63, 3.8) is 0 Å². The molecule has 0 amide bonds. The van der Waals surface area contributed by atoms with Gasteiger partial charge in [-0.05, 0) is 35.4 Å². The average molecular weight is 274 g/mol. The minimum Gasteiger partial charge on any atom is -0.508 e. The molecule has 0 radical (unpaired) electrons. The molecule has 5 heteroatoms. The summed E-state index contributed by atoms with van der Waals surface area (Å²) < 4.78 is 4.83. The van der Waals surface area contributed by atoms with E-state index in [0.29, 0.717) is 11.1 Å². The lowest BCUT2D eigenvalue weighted by Crippen LogP contribution is -1.85. The third-order valence-corrected chi connectivity index (χ3v) is 2.67. The first-order valence-electron chi connectivity index (χ1n) is 5.80. The second-order valence-electron chi connectivity index (χ2n) is 4.21. The van der Waals surface area contributed by atoms with Crippen molar-refractivity contribution >= 4 is 12.2 Å². The van der Waals surface area contributed by atoms with E-state index in [9.17, 15) is 20.4 Å². The smallest absolute Gasteiger partial charge is 0.202 e. The number of phenolic OH excluding ortho intramolecular Hbond substituents is 4. The van der Waals surface area contributed by atoms with Crippen molar-refractivity contribution in [2.75, 3.05) is 7.11 Å². The third-order valence-electron chi connectivity index (χ3n) is 2.67. The van der Waals surface area contributed by atoms with Crippen molar-refractivity contribution in [2.24, 2.45) is 0 Å². The first-order chi connectivity index (χ1) is 9.49. The molecule has 20 heavy (non-hydrogen) atoms. The van der Waals surface area contributed by atoms with E-state index in [1.54, 1.807) is 12.2 Å². The standard InChI is InChI=1S/C15H14O5/c1-20-15-13(18)6-10(7-14(15)19)3-2-9-4-11(16)8-12(17)5-9/h2-8,16-19H,1H3/b3-2-. The normalized spacial score (nSPS) is 10.8. The summed E-state index contributed by atoms with van der Waals surface area (Å²) >= 11 is 0. The molecule has 0 spiro atoms. The Morgan fingerprint density at radius 1 is 0.750 bits per heavy atom. The highest BCUT2D eigenvalue weighted by atomic mass is 16.5. The van der Waals surface area contributed by atoms with Crippen LogP contribution in [0.15, 0.2) is 30.3 Å². The van der Waals surface area contributed by atoms with Crippen molar-refractivity contribution in [2.45, 2.75) is 0 Å². The number of rotatable bonds is 3. The van der Waals surface area contributed by atoms with Crippen LogP contribution in [0.5, 0.6) is 28.7 Å². The Balaban J connectivity index is 2.32. The monoisotopic (exact) mass is 274 g/mol. The van der Waals surface area contributed by atoms with E-state index in [1.165, 1.54) is 37.4 Å². The molecule has 0 aromatic heterocycles. The predicted molar refractivity (Wildman–Crippen MR) is 75.0 cm³/mol. The van der Waals surface area contributed by atoms with Gasteiger partial charge in [0.15, 0.2) is 11.5 Å². The van der Waals surface area contributed by atoms with Gasteiger partial charge in [0.05, 0.1) is 7.11 Å². The second-order valence-corrected chi connectivity index (χ2v) is 4.21. The summed E-state index contributed by atoms with van der Waals surface area (Å²) in [6.07, 6.45) is 3.24. The fourth-order valence-corrected chi connectivity index (χ4v) is 1.83. The van der Waals surface area contributed by atoms with Crippen LogP contribution >= 0.6 is 0 Å². The Bertz CT molecular complexity index is 618. The van der Waals surface area contributed by atoms with E-state index in [1.807, 2.05) is 0 Å². The maximum Gasteiger partial charge on any atom is 0.202 e. The molecule has 0 aliphatic carbocycles. The van der Waals surface area contributed by atoms with Crippen molar-refractivity contribution < 1.29 is 25.2 Å². The van der Waals surface area contributed by atoms with Gasteiger partial charge in [-0.3, -0.25) is 0 Å². The van der Waals surface area contributed by atoms with Crippen molar-refractivity contribution in [3.8, 4) is 28.7 Å². The summed E-state index contributed by atoms with van der Waals surface area (Å²) in [5.41, 5.74) is 1.13. The van der Waals surface area contributed by atoms with E-state index in [2.05, 4.69) is 0 Å². The number of ether oxygens (including phenoxy) is 1. The SMILES string of the molecule is COc1c(O)cc(/C=C\c2cc(O)cc(O)c2)cc1O. The van der Waals surface area contributed by atoms with Gasteiger partial charge in [0.1, 0.15) is 11.5 Å². The van der Waals surface area contributed by atoms with Gasteiger partial charge in [0.2, 0.25) is 5.75 Å². The lowest BCUT2D eigenvalue weighted by Gasteiger charge is -2.06. The summed E-state index contributed by atoms with van der Waals surface area (Å²) in [5, 5.41) is 38.0. The zero-order valence-electron chi connectivity index (χ0n) is 10.7. The summed E-state index contributed by atoms with van der Waals surface area (Å²) in [4.78, 5) is 0. The highest BCUT2D eigenvalue weighted by molar-refractivity contribution is 5.73. The molecule has 4 N–H and O–H groups in total. The summed E-state index contributed by atoms with van der Waals surface area (Å²) in [6.45, 7) is 0. The average Bonchev–Trinajstić information content (AvgIpc) is 2.35. The van der Waals surface area contributed by atoms with Crippen LogP contribution in [0.3, 0.4) is 0 Å². The van der Waals surface area contributed by atoms with Crippen LogP contribution in [0.4, 0.5) is 0 Å². The molecule has 0 aliphatic rings. The summed E-state index contributed by atoms with van der Waals surface area (Å²) in [7, 11) is 1.35. The molecule has 2 rings (SSSR count). The van der Waals surface area contributed by atoms with E-state index in [-0.39, 0.29) is 28.7 Å². The second kappa shape index (κ2) is 5.44. The quantitative estimate of drug-likeness (QED) is 0.646. The van der Waals surface area contributed by atoms with Gasteiger partial charge in [0.25, 0.3) is 0 Å². The fourth-order valence-electron chi connectivity index (χ4n) is 1.83. The third kappa shape index (κ3) is 2.95. The first-order valence-corrected chi connectivity index (χ1v) is 5.80. The molecule has 104 valence electrons. The van der Waals surface area contributed by atoms with E-state index in [4.69, 9.17) is 4.74 Å². The Morgan fingerprint density at radius 3 is 1.65 bits per heavy atom. The molecule has 0 saturated heterocycles. The van der Waals surface area contributed by atoms with Crippen LogP contribution in [-0.2, 0) is 0 Å². The highest BCUT2D eigenvalue weighted by Gasteiger charge is 2.08. The maximum atomic E-state index is 9.66. The number of aromatic hydroxyl groups is 4. The molecule has 0 atom stereocenters. The highest BCUT2D eigenvalue weighted by Crippen LogP contribution is 2.37. The number of hydrogen-bond donors (Lipinski definition) is 4. The summed E-state index contributed by atoms with van der Waals surface area (Å²) in [5.74, 6) is -0.441. The topological polar surface area (TPSA) is 90.2 Å². The predicted octanol–water partition coefficient (Wildman–Crippen LogP) is 2.69. The minimum absolute atomic E-state index is 0.0113. The Hall–Kier alpha value is -2.82. The molecule has 0 heterocycles. The molecular weight excluding hydrogens is 260 g/mol. The number of phenols is 4. The van der Waals surface area contributed by atoms with Gasteiger partial charge in [-0.15, -0.1) is 0 Å².